The Morgan fingerprint density at radius 2 is 1.17 bits per heavy atom. The van der Waals surface area contributed by atoms with Gasteiger partial charge >= 0.3 is 5.97 Å². The number of carbonyl (C=O) groups excluding carboxylic acids is 2. The summed E-state index contributed by atoms with van der Waals surface area (Å²) < 4.78 is 22.3. The molecule has 0 spiro atoms. The van der Waals surface area contributed by atoms with E-state index in [0.717, 1.165) is 17.0 Å². The first-order chi connectivity index (χ1) is 20.1. The van der Waals surface area contributed by atoms with Crippen LogP contribution in [0.1, 0.15) is 54.0 Å². The molecule has 8 heteroatoms. The predicted molar refractivity (Wildman–Crippen MR) is 161 cm³/mol. The molecule has 0 aromatic heterocycles. The van der Waals surface area contributed by atoms with E-state index in [1.165, 1.54) is 6.92 Å². The number of ether oxygens (including phenoxy) is 4. The molecule has 216 valence electrons. The summed E-state index contributed by atoms with van der Waals surface area (Å²) in [5.41, 5.74) is 3.32. The number of hydrogen-bond acceptors (Lipinski definition) is 8. The van der Waals surface area contributed by atoms with Crippen molar-refractivity contribution in [2.24, 2.45) is 10.2 Å². The van der Waals surface area contributed by atoms with E-state index in [0.29, 0.717) is 47.3 Å². The molecule has 4 aromatic rings. The molecule has 0 unspecified atom stereocenters. The first kappa shape index (κ1) is 30.0. The standard InChI is InChI=1S/C34H34N2O6/c1-23(37)24-6-13-28(14-7-24)40-20-21-41-29-15-8-25(9-16-29)33(38)42-30-17-10-26(11-18-30)35-36-27-12-19-32(39-5)31(22-27)34(2,3)4/h6-19,22H,20-21H2,1-5H3. The van der Waals surface area contributed by atoms with Gasteiger partial charge in [0.2, 0.25) is 0 Å². The summed E-state index contributed by atoms with van der Waals surface area (Å²) >= 11 is 0. The van der Waals surface area contributed by atoms with Crippen LogP contribution in [0, 0.1) is 0 Å². The highest BCUT2D eigenvalue weighted by Crippen LogP contribution is 2.34. The minimum Gasteiger partial charge on any atom is -0.496 e. The Morgan fingerprint density at radius 1 is 0.667 bits per heavy atom. The molecule has 0 aliphatic rings. The molecule has 4 aromatic carbocycles. The van der Waals surface area contributed by atoms with Gasteiger partial charge in [-0.2, -0.15) is 10.2 Å². The fraction of sp³-hybridized carbons (Fsp3) is 0.235. The van der Waals surface area contributed by atoms with Crippen LogP contribution in [0.15, 0.2) is 101 Å². The molecule has 0 aliphatic carbocycles. The van der Waals surface area contributed by atoms with Crippen LogP contribution >= 0.6 is 0 Å². The van der Waals surface area contributed by atoms with Gasteiger partial charge in [0.05, 0.1) is 24.0 Å². The van der Waals surface area contributed by atoms with Gasteiger partial charge in [-0.3, -0.25) is 4.79 Å². The third kappa shape index (κ3) is 8.27. The Hall–Kier alpha value is -4.98. The predicted octanol–water partition coefficient (Wildman–Crippen LogP) is 8.29. The number of ketones is 1. The SMILES string of the molecule is COc1ccc(N=Nc2ccc(OC(=O)c3ccc(OCCOc4ccc(C(C)=O)cc4)cc3)cc2)cc1C(C)(C)C. The van der Waals surface area contributed by atoms with Crippen LogP contribution in [-0.4, -0.2) is 32.1 Å². The molecule has 0 amide bonds. The Kier molecular flexibility index (Phi) is 9.70. The summed E-state index contributed by atoms with van der Waals surface area (Å²) in [5.74, 6) is 1.99. The Bertz CT molecular complexity index is 1540. The van der Waals surface area contributed by atoms with Crippen molar-refractivity contribution in [2.75, 3.05) is 20.3 Å². The molecule has 0 N–H and O–H groups in total. The summed E-state index contributed by atoms with van der Waals surface area (Å²) in [4.78, 5) is 24.0. The molecule has 0 bridgehead atoms. The van der Waals surface area contributed by atoms with Crippen LogP contribution < -0.4 is 18.9 Å². The quantitative estimate of drug-likeness (QED) is 0.0596. The van der Waals surface area contributed by atoms with E-state index >= 15 is 0 Å². The average molecular weight is 567 g/mol. The van der Waals surface area contributed by atoms with Crippen molar-refractivity contribution < 1.29 is 28.5 Å². The molecule has 0 heterocycles. The number of azo groups is 1. The Labute approximate surface area is 245 Å². The fourth-order valence-corrected chi connectivity index (χ4v) is 4.00. The van der Waals surface area contributed by atoms with Crippen LogP contribution in [0.25, 0.3) is 0 Å². The second kappa shape index (κ2) is 13.6. The number of carbonyl (C=O) groups is 2. The highest BCUT2D eigenvalue weighted by Gasteiger charge is 2.19. The van der Waals surface area contributed by atoms with Crippen molar-refractivity contribution in [1.29, 1.82) is 0 Å². The first-order valence-electron chi connectivity index (χ1n) is 13.5. The molecule has 8 nitrogen and oxygen atoms in total. The third-order valence-electron chi connectivity index (χ3n) is 6.29. The molecular weight excluding hydrogens is 532 g/mol. The highest BCUT2D eigenvalue weighted by atomic mass is 16.5. The summed E-state index contributed by atoms with van der Waals surface area (Å²) in [6, 6.07) is 26.2. The minimum atomic E-state index is -0.485. The number of nitrogens with zero attached hydrogens (tertiary/aromatic N) is 2. The molecule has 0 aliphatic heterocycles. The summed E-state index contributed by atoms with van der Waals surface area (Å²) in [5, 5.41) is 8.66. The van der Waals surface area contributed by atoms with Crippen LogP contribution in [0.4, 0.5) is 11.4 Å². The minimum absolute atomic E-state index is 0.00817. The van der Waals surface area contributed by atoms with Crippen LogP contribution in [0.5, 0.6) is 23.0 Å². The molecule has 0 radical (unpaired) electrons. The molecule has 4 rings (SSSR count). The number of methoxy groups -OCH3 is 1. The number of benzene rings is 4. The number of hydrogen-bond donors (Lipinski definition) is 0. The van der Waals surface area contributed by atoms with E-state index < -0.39 is 5.97 Å². The maximum Gasteiger partial charge on any atom is 0.343 e. The van der Waals surface area contributed by atoms with Crippen LogP contribution in [0.3, 0.4) is 0 Å². The molecule has 0 saturated carbocycles. The van der Waals surface area contributed by atoms with Gasteiger partial charge in [0.25, 0.3) is 0 Å². The fourth-order valence-electron chi connectivity index (χ4n) is 4.00. The van der Waals surface area contributed by atoms with Gasteiger partial charge in [-0.05, 0) is 103 Å². The maximum absolute atomic E-state index is 12.6. The monoisotopic (exact) mass is 566 g/mol. The van der Waals surface area contributed by atoms with Crippen molar-refractivity contribution in [2.45, 2.75) is 33.1 Å². The topological polar surface area (TPSA) is 95.8 Å². The zero-order chi connectivity index (χ0) is 30.1. The molecule has 0 fully saturated rings. The summed E-state index contributed by atoms with van der Waals surface area (Å²) in [6.07, 6.45) is 0. The normalized spacial score (nSPS) is 11.3. The van der Waals surface area contributed by atoms with Gasteiger partial charge in [-0.25, -0.2) is 4.79 Å². The lowest BCUT2D eigenvalue weighted by atomic mass is 9.86. The molecule has 0 atom stereocenters. The van der Waals surface area contributed by atoms with Crippen LogP contribution in [0.2, 0.25) is 0 Å². The van der Waals surface area contributed by atoms with Crippen molar-refractivity contribution in [3.05, 3.63) is 108 Å². The van der Waals surface area contributed by atoms with E-state index in [4.69, 9.17) is 18.9 Å². The maximum atomic E-state index is 12.6. The molecule has 0 saturated heterocycles. The third-order valence-corrected chi connectivity index (χ3v) is 6.29. The van der Waals surface area contributed by atoms with Gasteiger partial charge < -0.3 is 18.9 Å². The van der Waals surface area contributed by atoms with E-state index in [2.05, 4.69) is 31.0 Å². The highest BCUT2D eigenvalue weighted by molar-refractivity contribution is 5.94. The van der Waals surface area contributed by atoms with Gasteiger partial charge in [0.15, 0.2) is 5.78 Å². The van der Waals surface area contributed by atoms with Gasteiger partial charge in [0, 0.05) is 11.1 Å². The van der Waals surface area contributed by atoms with Gasteiger partial charge in [-0.1, -0.05) is 20.8 Å². The summed E-state index contributed by atoms with van der Waals surface area (Å²) in [7, 11) is 1.66. The van der Waals surface area contributed by atoms with E-state index in [1.807, 2.05) is 18.2 Å². The second-order valence-corrected chi connectivity index (χ2v) is 10.5. The van der Waals surface area contributed by atoms with Crippen molar-refractivity contribution in [3.63, 3.8) is 0 Å². The van der Waals surface area contributed by atoms with Crippen LogP contribution in [-0.2, 0) is 5.41 Å². The van der Waals surface area contributed by atoms with Crippen molar-refractivity contribution in [1.82, 2.24) is 0 Å². The largest absolute Gasteiger partial charge is 0.496 e. The lowest BCUT2D eigenvalue weighted by Gasteiger charge is -2.22. The Balaban J connectivity index is 1.26. The molecule has 42 heavy (non-hydrogen) atoms. The zero-order valence-electron chi connectivity index (χ0n) is 24.4. The number of esters is 1. The van der Waals surface area contributed by atoms with Crippen molar-refractivity contribution >= 4 is 23.1 Å². The van der Waals surface area contributed by atoms with Gasteiger partial charge in [0.1, 0.15) is 36.2 Å². The lowest BCUT2D eigenvalue weighted by Crippen LogP contribution is -2.12. The second-order valence-electron chi connectivity index (χ2n) is 10.5. The number of Topliss-reactive ketones (excluding diaryl/α,β-unsaturated/α-hetero) is 1. The van der Waals surface area contributed by atoms with Gasteiger partial charge in [-0.15, -0.1) is 0 Å². The van der Waals surface area contributed by atoms with Crippen molar-refractivity contribution in [3.8, 4) is 23.0 Å². The zero-order valence-corrected chi connectivity index (χ0v) is 24.4. The Morgan fingerprint density at radius 3 is 1.69 bits per heavy atom. The summed E-state index contributed by atoms with van der Waals surface area (Å²) in [6.45, 7) is 8.52. The number of rotatable bonds is 11. The van der Waals surface area contributed by atoms with E-state index in [-0.39, 0.29) is 11.2 Å². The lowest BCUT2D eigenvalue weighted by molar-refractivity contribution is 0.0734. The van der Waals surface area contributed by atoms with E-state index in [1.54, 1.807) is 79.9 Å². The first-order valence-corrected chi connectivity index (χ1v) is 13.5. The van der Waals surface area contributed by atoms with E-state index in [9.17, 15) is 9.59 Å². The molecular formula is C34H34N2O6. The smallest absolute Gasteiger partial charge is 0.343 e. The average Bonchev–Trinajstić information content (AvgIpc) is 2.99.